The van der Waals surface area contributed by atoms with E-state index in [2.05, 4.69) is 26.1 Å². The lowest BCUT2D eigenvalue weighted by atomic mass is 10.0. The molecule has 3 nitrogen and oxygen atoms in total. The highest BCUT2D eigenvalue weighted by atomic mass is 79.9. The van der Waals surface area contributed by atoms with Crippen molar-refractivity contribution in [3.8, 4) is 0 Å². The van der Waals surface area contributed by atoms with Crippen molar-refractivity contribution in [3.05, 3.63) is 57.8 Å². The van der Waals surface area contributed by atoms with Crippen LogP contribution in [0, 0.1) is 11.6 Å². The Morgan fingerprint density at radius 1 is 1.22 bits per heavy atom. The van der Waals surface area contributed by atoms with Gasteiger partial charge in [-0.1, -0.05) is 0 Å². The second-order valence-corrected chi connectivity index (χ2v) is 4.66. The first-order chi connectivity index (χ1) is 8.59. The maximum atomic E-state index is 13.8. The number of nitrogens with zero attached hydrogens (tertiary/aromatic N) is 2. The molecule has 0 radical (unpaired) electrons. The second kappa shape index (κ2) is 5.49. The summed E-state index contributed by atoms with van der Waals surface area (Å²) in [6.07, 6.45) is 3.03. The van der Waals surface area contributed by atoms with Crippen molar-refractivity contribution in [1.82, 2.24) is 10.2 Å². The van der Waals surface area contributed by atoms with Gasteiger partial charge in [-0.25, -0.2) is 8.78 Å². The van der Waals surface area contributed by atoms with E-state index in [-0.39, 0.29) is 16.5 Å². The van der Waals surface area contributed by atoms with E-state index >= 15 is 0 Å². The zero-order valence-corrected chi connectivity index (χ0v) is 10.9. The summed E-state index contributed by atoms with van der Waals surface area (Å²) in [5, 5.41) is 7.31. The normalized spacial score (nSPS) is 12.4. The Bertz CT molecular complexity index is 549. The zero-order chi connectivity index (χ0) is 13.1. The average molecular weight is 314 g/mol. The SMILES string of the molecule is NC(Cc1c(F)ccc(Br)c1F)c1ccnnc1. The molecule has 0 aliphatic heterocycles. The quantitative estimate of drug-likeness (QED) is 0.886. The molecule has 1 atom stereocenters. The van der Waals surface area contributed by atoms with Gasteiger partial charge in [0.05, 0.1) is 10.7 Å². The molecule has 0 saturated heterocycles. The van der Waals surface area contributed by atoms with Crippen LogP contribution in [0.25, 0.3) is 0 Å². The van der Waals surface area contributed by atoms with Gasteiger partial charge in [-0.2, -0.15) is 10.2 Å². The number of aromatic nitrogens is 2. The maximum Gasteiger partial charge on any atom is 0.143 e. The van der Waals surface area contributed by atoms with Gasteiger partial charge in [-0.3, -0.25) is 0 Å². The van der Waals surface area contributed by atoms with E-state index in [0.717, 1.165) is 0 Å². The molecule has 1 aromatic heterocycles. The summed E-state index contributed by atoms with van der Waals surface area (Å²) < 4.78 is 27.6. The molecule has 2 N–H and O–H groups in total. The van der Waals surface area contributed by atoms with Gasteiger partial charge < -0.3 is 5.73 Å². The largest absolute Gasteiger partial charge is 0.324 e. The predicted octanol–water partition coefficient (Wildman–Crippen LogP) is 2.76. The Balaban J connectivity index is 2.27. The minimum absolute atomic E-state index is 0.0336. The molecule has 1 unspecified atom stereocenters. The van der Waals surface area contributed by atoms with Crippen LogP contribution in [-0.4, -0.2) is 10.2 Å². The number of hydrogen-bond donors (Lipinski definition) is 1. The summed E-state index contributed by atoms with van der Waals surface area (Å²) in [6.45, 7) is 0. The van der Waals surface area contributed by atoms with Gasteiger partial charge in [-0.05, 0) is 46.1 Å². The Hall–Kier alpha value is -1.40. The van der Waals surface area contributed by atoms with Crippen molar-refractivity contribution in [3.63, 3.8) is 0 Å². The second-order valence-electron chi connectivity index (χ2n) is 3.81. The van der Waals surface area contributed by atoms with Crippen molar-refractivity contribution in [1.29, 1.82) is 0 Å². The molecule has 18 heavy (non-hydrogen) atoms. The third-order valence-corrected chi connectivity index (χ3v) is 3.21. The van der Waals surface area contributed by atoms with E-state index in [1.165, 1.54) is 24.5 Å². The maximum absolute atomic E-state index is 13.8. The predicted molar refractivity (Wildman–Crippen MR) is 66.7 cm³/mol. The lowest BCUT2D eigenvalue weighted by molar-refractivity contribution is 0.535. The van der Waals surface area contributed by atoms with Gasteiger partial charge in [0.25, 0.3) is 0 Å². The highest BCUT2D eigenvalue weighted by molar-refractivity contribution is 9.10. The lowest BCUT2D eigenvalue weighted by Crippen LogP contribution is -2.15. The molecule has 1 aromatic carbocycles. The van der Waals surface area contributed by atoms with Crippen molar-refractivity contribution in [2.75, 3.05) is 0 Å². The van der Waals surface area contributed by atoms with Crippen molar-refractivity contribution >= 4 is 15.9 Å². The van der Waals surface area contributed by atoms with Gasteiger partial charge in [0.1, 0.15) is 11.6 Å². The summed E-state index contributed by atoms with van der Waals surface area (Å²) in [7, 11) is 0. The molecule has 94 valence electrons. The molecule has 0 fully saturated rings. The Morgan fingerprint density at radius 3 is 2.67 bits per heavy atom. The van der Waals surface area contributed by atoms with E-state index in [4.69, 9.17) is 5.73 Å². The van der Waals surface area contributed by atoms with Crippen molar-refractivity contribution in [2.45, 2.75) is 12.5 Å². The van der Waals surface area contributed by atoms with Crippen LogP contribution in [0.15, 0.2) is 35.1 Å². The highest BCUT2D eigenvalue weighted by Crippen LogP contribution is 2.25. The molecule has 0 aliphatic carbocycles. The molecule has 0 saturated carbocycles. The number of nitrogens with two attached hydrogens (primary N) is 1. The zero-order valence-electron chi connectivity index (χ0n) is 9.28. The van der Waals surface area contributed by atoms with Crippen LogP contribution in [0.1, 0.15) is 17.2 Å². The number of benzene rings is 1. The molecular formula is C12H10BrF2N3. The summed E-state index contributed by atoms with van der Waals surface area (Å²) in [5.41, 5.74) is 6.55. The van der Waals surface area contributed by atoms with Gasteiger partial charge in [-0.15, -0.1) is 0 Å². The molecule has 1 heterocycles. The van der Waals surface area contributed by atoms with Gasteiger partial charge >= 0.3 is 0 Å². The number of hydrogen-bond acceptors (Lipinski definition) is 3. The third kappa shape index (κ3) is 2.70. The lowest BCUT2D eigenvalue weighted by Gasteiger charge is -2.13. The summed E-state index contributed by atoms with van der Waals surface area (Å²) in [5.74, 6) is -1.22. The summed E-state index contributed by atoms with van der Waals surface area (Å²) in [4.78, 5) is 0. The highest BCUT2D eigenvalue weighted by Gasteiger charge is 2.16. The van der Waals surface area contributed by atoms with Crippen LogP contribution in [0.2, 0.25) is 0 Å². The molecule has 2 rings (SSSR count). The molecule has 0 aliphatic rings. The van der Waals surface area contributed by atoms with Crippen LogP contribution in [0.5, 0.6) is 0 Å². The van der Waals surface area contributed by atoms with Crippen LogP contribution in [0.3, 0.4) is 0 Å². The first-order valence-electron chi connectivity index (χ1n) is 5.24. The van der Waals surface area contributed by atoms with Crippen LogP contribution in [-0.2, 0) is 6.42 Å². The van der Waals surface area contributed by atoms with Crippen molar-refractivity contribution in [2.24, 2.45) is 5.73 Å². The van der Waals surface area contributed by atoms with E-state index in [1.54, 1.807) is 6.07 Å². The first kappa shape index (κ1) is 13.0. The fourth-order valence-electron chi connectivity index (χ4n) is 1.61. The van der Waals surface area contributed by atoms with Crippen LogP contribution in [0.4, 0.5) is 8.78 Å². The topological polar surface area (TPSA) is 51.8 Å². The third-order valence-electron chi connectivity index (χ3n) is 2.60. The minimum atomic E-state index is -0.618. The van der Waals surface area contributed by atoms with E-state index in [1.807, 2.05) is 0 Å². The van der Waals surface area contributed by atoms with E-state index in [0.29, 0.717) is 5.56 Å². The van der Waals surface area contributed by atoms with E-state index in [9.17, 15) is 8.78 Å². The fourth-order valence-corrected chi connectivity index (χ4v) is 1.99. The fraction of sp³-hybridized carbons (Fsp3) is 0.167. The molecule has 2 aromatic rings. The summed E-state index contributed by atoms with van der Waals surface area (Å²) >= 11 is 3.02. The van der Waals surface area contributed by atoms with Crippen molar-refractivity contribution < 1.29 is 8.78 Å². The van der Waals surface area contributed by atoms with Gasteiger partial charge in [0.15, 0.2) is 0 Å². The van der Waals surface area contributed by atoms with Gasteiger partial charge in [0.2, 0.25) is 0 Å². The Morgan fingerprint density at radius 2 is 2.00 bits per heavy atom. The molecule has 0 amide bonds. The smallest absolute Gasteiger partial charge is 0.143 e. The number of rotatable bonds is 3. The van der Waals surface area contributed by atoms with Crippen LogP contribution >= 0.6 is 15.9 Å². The summed E-state index contributed by atoms with van der Waals surface area (Å²) in [6, 6.07) is 3.68. The molecular weight excluding hydrogens is 304 g/mol. The van der Waals surface area contributed by atoms with Crippen LogP contribution < -0.4 is 5.73 Å². The Kier molecular flexibility index (Phi) is 3.98. The molecule has 6 heteroatoms. The Labute approximate surface area is 111 Å². The number of halogens is 3. The standard InChI is InChI=1S/C12H10BrF2N3/c13-9-1-2-10(14)8(12(9)15)5-11(16)7-3-4-17-18-6-7/h1-4,6,11H,5,16H2. The minimum Gasteiger partial charge on any atom is -0.324 e. The van der Waals surface area contributed by atoms with E-state index < -0.39 is 17.7 Å². The molecule has 0 bridgehead atoms. The molecule has 0 spiro atoms. The monoisotopic (exact) mass is 313 g/mol. The van der Waals surface area contributed by atoms with Gasteiger partial charge in [0, 0.05) is 17.8 Å². The first-order valence-corrected chi connectivity index (χ1v) is 6.03. The average Bonchev–Trinajstić information content (AvgIpc) is 2.40.